The number of carbonyl (C=O) groups excluding carboxylic acids is 2. The number of aliphatic hydroxyl groups is 3. The molecule has 9 atom stereocenters. The fraction of sp³-hybridized carbons (Fsp3) is 0.818. The van der Waals surface area contributed by atoms with E-state index in [1.54, 1.807) is 0 Å². The van der Waals surface area contributed by atoms with Crippen LogP contribution in [0.5, 0.6) is 0 Å². The largest absolute Gasteiger partial charge is 0.465 e. The summed E-state index contributed by atoms with van der Waals surface area (Å²) < 4.78 is 11.3. The second kappa shape index (κ2) is 5.69. The second-order valence-electron chi connectivity index (χ2n) is 10.3. The van der Waals surface area contributed by atoms with Crippen molar-refractivity contribution >= 4 is 11.8 Å². The molecule has 4 aliphatic carbocycles. The van der Waals surface area contributed by atoms with Crippen LogP contribution < -0.4 is 0 Å². The summed E-state index contributed by atoms with van der Waals surface area (Å²) in [4.78, 5) is 25.0. The van der Waals surface area contributed by atoms with E-state index in [-0.39, 0.29) is 30.9 Å². The van der Waals surface area contributed by atoms with Crippen LogP contribution in [0.1, 0.15) is 46.0 Å². The first-order valence-corrected chi connectivity index (χ1v) is 10.7. The lowest BCUT2D eigenvalue weighted by atomic mass is 9.36. The number of esters is 1. The fourth-order valence-corrected chi connectivity index (χ4v) is 8.24. The van der Waals surface area contributed by atoms with Gasteiger partial charge in [0.25, 0.3) is 0 Å². The van der Waals surface area contributed by atoms with Crippen molar-refractivity contribution in [1.29, 1.82) is 0 Å². The molecule has 7 nitrogen and oxygen atoms in total. The van der Waals surface area contributed by atoms with E-state index in [0.29, 0.717) is 18.4 Å². The van der Waals surface area contributed by atoms with Gasteiger partial charge in [0, 0.05) is 29.6 Å². The average Bonchev–Trinajstić information content (AvgIpc) is 2.77. The SMILES string of the molecule is C=C1C(=O)[C@]23[C@H](CC[C@H]1[C@@H]2O)[C@@]12CCC[C@@](C)(COC(C)=O)[C@H]1[C@H](O)[C@]3(O)OC2. The Morgan fingerprint density at radius 3 is 2.69 bits per heavy atom. The van der Waals surface area contributed by atoms with Gasteiger partial charge in [0.05, 0.1) is 19.3 Å². The van der Waals surface area contributed by atoms with Gasteiger partial charge in [0.2, 0.25) is 5.79 Å². The van der Waals surface area contributed by atoms with Crippen LogP contribution in [0.15, 0.2) is 12.2 Å². The number of hydrogen-bond acceptors (Lipinski definition) is 7. The highest BCUT2D eigenvalue weighted by Crippen LogP contribution is 2.76. The number of hydrogen-bond donors (Lipinski definition) is 3. The molecule has 0 radical (unpaired) electrons. The van der Waals surface area contributed by atoms with Gasteiger partial charge in [0.1, 0.15) is 11.5 Å². The van der Waals surface area contributed by atoms with Crippen molar-refractivity contribution in [2.24, 2.45) is 34.0 Å². The van der Waals surface area contributed by atoms with Gasteiger partial charge in [-0.2, -0.15) is 0 Å². The highest BCUT2D eigenvalue weighted by Gasteiger charge is 2.85. The number of aliphatic hydroxyl groups excluding tert-OH is 2. The molecule has 0 amide bonds. The van der Waals surface area contributed by atoms with Crippen LogP contribution >= 0.6 is 0 Å². The number of ketones is 1. The molecule has 2 heterocycles. The molecular formula is C22H30O7. The summed E-state index contributed by atoms with van der Waals surface area (Å²) in [5.74, 6) is -4.02. The standard InChI is InChI=1S/C22H30O7/c1-11-13-5-6-14-20-8-4-7-19(3,9-28-12(2)23)15(20)18(26)22(27,29-10-20)21(14,16(11)24)17(13)25/h13-15,17-18,25-27H,1,4-10H2,2-3H3/t13-,14-,15-,17+,18+,19+,20+,21-,22+/m1/s1. The molecule has 0 unspecified atom stereocenters. The first kappa shape index (κ1) is 19.7. The van der Waals surface area contributed by atoms with E-state index in [1.807, 2.05) is 6.92 Å². The Morgan fingerprint density at radius 2 is 2.00 bits per heavy atom. The third kappa shape index (κ3) is 1.94. The van der Waals surface area contributed by atoms with Crippen LogP contribution in [-0.4, -0.2) is 58.3 Å². The molecule has 7 heteroatoms. The second-order valence-corrected chi connectivity index (χ2v) is 10.3. The average molecular weight is 406 g/mol. The predicted octanol–water partition coefficient (Wildman–Crippen LogP) is 0.948. The van der Waals surface area contributed by atoms with Crippen molar-refractivity contribution in [2.75, 3.05) is 13.2 Å². The van der Waals surface area contributed by atoms with Crippen molar-refractivity contribution in [3.05, 3.63) is 12.2 Å². The smallest absolute Gasteiger partial charge is 0.302 e. The monoisotopic (exact) mass is 406 g/mol. The van der Waals surface area contributed by atoms with Gasteiger partial charge in [-0.1, -0.05) is 19.9 Å². The first-order chi connectivity index (χ1) is 13.6. The van der Waals surface area contributed by atoms with Gasteiger partial charge in [-0.15, -0.1) is 0 Å². The summed E-state index contributed by atoms with van der Waals surface area (Å²) in [5.41, 5.74) is -2.35. The third-order valence-electron chi connectivity index (χ3n) is 9.21. The molecule has 6 rings (SSSR count). The molecule has 0 aromatic carbocycles. The van der Waals surface area contributed by atoms with E-state index in [9.17, 15) is 24.9 Å². The zero-order valence-electron chi connectivity index (χ0n) is 17.0. The van der Waals surface area contributed by atoms with Gasteiger partial charge in [-0.3, -0.25) is 9.59 Å². The Morgan fingerprint density at radius 1 is 1.28 bits per heavy atom. The lowest BCUT2D eigenvalue weighted by Crippen LogP contribution is -2.84. The molecule has 6 aliphatic rings. The van der Waals surface area contributed by atoms with Crippen LogP contribution in [0.2, 0.25) is 0 Å². The van der Waals surface area contributed by atoms with E-state index < -0.39 is 46.1 Å². The zero-order chi connectivity index (χ0) is 21.0. The number of carbonyl (C=O) groups is 2. The Labute approximate surface area is 170 Å². The van der Waals surface area contributed by atoms with E-state index in [2.05, 4.69) is 6.58 Å². The minimum Gasteiger partial charge on any atom is -0.465 e. The fourth-order valence-electron chi connectivity index (χ4n) is 8.24. The van der Waals surface area contributed by atoms with Crippen molar-refractivity contribution in [3.8, 4) is 0 Å². The highest BCUT2D eigenvalue weighted by atomic mass is 16.6. The molecule has 2 spiro atoms. The van der Waals surface area contributed by atoms with Crippen LogP contribution in [0.3, 0.4) is 0 Å². The number of fused-ring (bicyclic) bond motifs is 2. The Bertz CT molecular complexity index is 809. The highest BCUT2D eigenvalue weighted by molar-refractivity contribution is 6.05. The molecule has 160 valence electrons. The molecule has 0 aromatic heterocycles. The summed E-state index contributed by atoms with van der Waals surface area (Å²) in [6.45, 7) is 7.63. The molecule has 4 saturated carbocycles. The molecule has 0 aromatic rings. The maximum atomic E-state index is 13.5. The summed E-state index contributed by atoms with van der Waals surface area (Å²) in [6.07, 6.45) is 1.15. The molecule has 6 fully saturated rings. The Balaban J connectivity index is 1.68. The van der Waals surface area contributed by atoms with Crippen LogP contribution in [0, 0.1) is 34.0 Å². The topological polar surface area (TPSA) is 113 Å². The molecule has 3 N–H and O–H groups in total. The summed E-state index contributed by atoms with van der Waals surface area (Å²) >= 11 is 0. The van der Waals surface area contributed by atoms with Crippen molar-refractivity contribution in [2.45, 2.75) is 63.9 Å². The van der Waals surface area contributed by atoms with Gasteiger partial charge in [0.15, 0.2) is 5.78 Å². The van der Waals surface area contributed by atoms with Crippen LogP contribution in [0.25, 0.3) is 0 Å². The predicted molar refractivity (Wildman–Crippen MR) is 100 cm³/mol. The van der Waals surface area contributed by atoms with Crippen LogP contribution in [-0.2, 0) is 19.1 Å². The summed E-state index contributed by atoms with van der Waals surface area (Å²) in [7, 11) is 0. The molecule has 2 aliphatic heterocycles. The zero-order valence-corrected chi connectivity index (χ0v) is 17.0. The normalized spacial score (nSPS) is 55.4. The van der Waals surface area contributed by atoms with E-state index in [1.165, 1.54) is 6.92 Å². The third-order valence-corrected chi connectivity index (χ3v) is 9.21. The van der Waals surface area contributed by atoms with Gasteiger partial charge in [-0.05, 0) is 37.2 Å². The quantitative estimate of drug-likeness (QED) is 0.462. The number of Topliss-reactive ketones (excluding diaryl/α,β-unsaturated/α-hetero) is 1. The van der Waals surface area contributed by atoms with Crippen molar-refractivity contribution in [3.63, 3.8) is 0 Å². The molecule has 29 heavy (non-hydrogen) atoms. The van der Waals surface area contributed by atoms with Gasteiger partial charge in [-0.25, -0.2) is 0 Å². The maximum absolute atomic E-state index is 13.5. The number of rotatable bonds is 2. The first-order valence-electron chi connectivity index (χ1n) is 10.7. The minimum atomic E-state index is -2.17. The Hall–Kier alpha value is -1.28. The molecular weight excluding hydrogens is 376 g/mol. The van der Waals surface area contributed by atoms with Gasteiger partial charge < -0.3 is 24.8 Å². The minimum absolute atomic E-state index is 0.146. The van der Waals surface area contributed by atoms with E-state index in [0.717, 1.165) is 19.3 Å². The lowest BCUT2D eigenvalue weighted by molar-refractivity contribution is -0.450. The van der Waals surface area contributed by atoms with E-state index >= 15 is 0 Å². The van der Waals surface area contributed by atoms with Crippen molar-refractivity contribution < 1.29 is 34.4 Å². The van der Waals surface area contributed by atoms with E-state index in [4.69, 9.17) is 9.47 Å². The van der Waals surface area contributed by atoms with Gasteiger partial charge >= 0.3 is 5.97 Å². The van der Waals surface area contributed by atoms with Crippen molar-refractivity contribution in [1.82, 2.24) is 0 Å². The maximum Gasteiger partial charge on any atom is 0.302 e. The Kier molecular flexibility index (Phi) is 3.86. The lowest BCUT2D eigenvalue weighted by Gasteiger charge is -2.74. The molecule has 2 saturated heterocycles. The number of ether oxygens (including phenoxy) is 2. The molecule has 4 bridgehead atoms. The summed E-state index contributed by atoms with van der Waals surface area (Å²) in [6, 6.07) is 0. The van der Waals surface area contributed by atoms with Crippen LogP contribution in [0.4, 0.5) is 0 Å². The summed E-state index contributed by atoms with van der Waals surface area (Å²) in [5, 5.41) is 34.5.